The summed E-state index contributed by atoms with van der Waals surface area (Å²) in [4.78, 5) is 30.1. The zero-order chi connectivity index (χ0) is 15.4. The minimum absolute atomic E-state index is 0.0975. The molecule has 2 aromatic rings. The van der Waals surface area contributed by atoms with E-state index in [0.717, 1.165) is 4.88 Å². The lowest BCUT2D eigenvalue weighted by atomic mass is 10.3. The molecule has 21 heavy (non-hydrogen) atoms. The van der Waals surface area contributed by atoms with Crippen molar-refractivity contribution in [3.05, 3.63) is 29.0 Å². The number of hydrogen-bond donors (Lipinski definition) is 0. The van der Waals surface area contributed by atoms with Gasteiger partial charge in [-0.2, -0.15) is 0 Å². The number of carbonyl (C=O) groups excluding carboxylic acids is 2. The zero-order valence-corrected chi connectivity index (χ0v) is 12.9. The quantitative estimate of drug-likeness (QED) is 0.793. The van der Waals surface area contributed by atoms with E-state index in [9.17, 15) is 9.59 Å². The van der Waals surface area contributed by atoms with E-state index in [0.29, 0.717) is 23.1 Å². The Morgan fingerprint density at radius 2 is 2.24 bits per heavy atom. The number of furan rings is 1. The van der Waals surface area contributed by atoms with E-state index in [-0.39, 0.29) is 12.5 Å². The van der Waals surface area contributed by atoms with Gasteiger partial charge in [0.05, 0.1) is 12.9 Å². The summed E-state index contributed by atoms with van der Waals surface area (Å²) in [5.74, 6) is -0.128. The van der Waals surface area contributed by atoms with Crippen LogP contribution in [0.15, 0.2) is 22.8 Å². The molecule has 0 aliphatic heterocycles. The number of ether oxygens (including phenoxy) is 1. The fourth-order valence-corrected chi connectivity index (χ4v) is 2.63. The van der Waals surface area contributed by atoms with Crippen LogP contribution >= 0.6 is 11.3 Å². The van der Waals surface area contributed by atoms with Gasteiger partial charge in [0.2, 0.25) is 0 Å². The van der Waals surface area contributed by atoms with Crippen LogP contribution in [0.5, 0.6) is 0 Å². The SMILES string of the molecule is CCOC(=O)CN(C)C(=O)c1nc(-c2ccco2)sc1C. The molecule has 1 amide bonds. The number of thiazole rings is 1. The van der Waals surface area contributed by atoms with Gasteiger partial charge in [-0.25, -0.2) is 4.98 Å². The van der Waals surface area contributed by atoms with Gasteiger partial charge in [-0.3, -0.25) is 9.59 Å². The molecule has 0 aliphatic carbocycles. The summed E-state index contributed by atoms with van der Waals surface area (Å²) >= 11 is 1.38. The summed E-state index contributed by atoms with van der Waals surface area (Å²) in [6, 6.07) is 3.55. The van der Waals surface area contributed by atoms with E-state index >= 15 is 0 Å². The molecule has 0 fully saturated rings. The van der Waals surface area contributed by atoms with Crippen LogP contribution in [-0.2, 0) is 9.53 Å². The van der Waals surface area contributed by atoms with E-state index in [1.165, 1.54) is 16.2 Å². The first kappa shape index (κ1) is 15.2. The molecular formula is C14H16N2O4S. The van der Waals surface area contributed by atoms with E-state index in [1.807, 2.05) is 6.92 Å². The Hall–Kier alpha value is -2.15. The van der Waals surface area contributed by atoms with Crippen LogP contribution in [0.2, 0.25) is 0 Å². The van der Waals surface area contributed by atoms with Crippen molar-refractivity contribution in [2.75, 3.05) is 20.2 Å². The fourth-order valence-electron chi connectivity index (χ4n) is 1.75. The standard InChI is InChI=1S/C14H16N2O4S/c1-4-19-11(17)8-16(3)14(18)12-9(2)21-13(15-12)10-6-5-7-20-10/h5-7H,4,8H2,1-3H3. The highest BCUT2D eigenvalue weighted by Gasteiger charge is 2.22. The van der Waals surface area contributed by atoms with Crippen molar-refractivity contribution in [3.8, 4) is 10.8 Å². The topological polar surface area (TPSA) is 72.6 Å². The first-order valence-corrected chi connectivity index (χ1v) is 7.27. The van der Waals surface area contributed by atoms with Crippen molar-refractivity contribution in [3.63, 3.8) is 0 Å². The Labute approximate surface area is 126 Å². The summed E-state index contributed by atoms with van der Waals surface area (Å²) < 4.78 is 10.1. The van der Waals surface area contributed by atoms with Crippen LogP contribution in [0.3, 0.4) is 0 Å². The van der Waals surface area contributed by atoms with Crippen LogP contribution in [0, 0.1) is 6.92 Å². The van der Waals surface area contributed by atoms with Crippen molar-refractivity contribution >= 4 is 23.2 Å². The van der Waals surface area contributed by atoms with Gasteiger partial charge in [0.25, 0.3) is 5.91 Å². The number of rotatable bonds is 5. The van der Waals surface area contributed by atoms with Gasteiger partial charge in [-0.15, -0.1) is 11.3 Å². The molecule has 2 aromatic heterocycles. The van der Waals surface area contributed by atoms with Crippen molar-refractivity contribution in [2.24, 2.45) is 0 Å². The predicted octanol–water partition coefficient (Wildman–Crippen LogP) is 2.35. The number of esters is 1. The van der Waals surface area contributed by atoms with Crippen LogP contribution in [-0.4, -0.2) is 42.0 Å². The zero-order valence-electron chi connectivity index (χ0n) is 12.1. The Morgan fingerprint density at radius 3 is 2.86 bits per heavy atom. The van der Waals surface area contributed by atoms with E-state index < -0.39 is 5.97 Å². The predicted molar refractivity (Wildman–Crippen MR) is 78.1 cm³/mol. The van der Waals surface area contributed by atoms with Gasteiger partial charge in [-0.1, -0.05) is 0 Å². The second-order valence-corrected chi connectivity index (χ2v) is 5.57. The lowest BCUT2D eigenvalue weighted by Crippen LogP contribution is -2.33. The lowest BCUT2D eigenvalue weighted by Gasteiger charge is -2.15. The number of carbonyl (C=O) groups is 2. The highest BCUT2D eigenvalue weighted by Crippen LogP contribution is 2.28. The maximum absolute atomic E-state index is 12.3. The molecule has 0 N–H and O–H groups in total. The molecule has 0 aliphatic rings. The molecular weight excluding hydrogens is 292 g/mol. The second-order valence-electron chi connectivity index (χ2n) is 4.37. The number of nitrogens with zero attached hydrogens (tertiary/aromatic N) is 2. The molecule has 0 saturated heterocycles. The Balaban J connectivity index is 2.14. The van der Waals surface area contributed by atoms with Crippen LogP contribution < -0.4 is 0 Å². The fraction of sp³-hybridized carbons (Fsp3) is 0.357. The van der Waals surface area contributed by atoms with Crippen LogP contribution in [0.1, 0.15) is 22.3 Å². The smallest absolute Gasteiger partial charge is 0.325 e. The highest BCUT2D eigenvalue weighted by atomic mass is 32.1. The van der Waals surface area contributed by atoms with Crippen molar-refractivity contribution < 1.29 is 18.7 Å². The molecule has 0 saturated carbocycles. The van der Waals surface area contributed by atoms with Crippen molar-refractivity contribution in [1.82, 2.24) is 9.88 Å². The summed E-state index contributed by atoms with van der Waals surface area (Å²) in [5.41, 5.74) is 0.332. The Bertz CT molecular complexity index is 633. The highest BCUT2D eigenvalue weighted by molar-refractivity contribution is 7.15. The molecule has 2 heterocycles. The van der Waals surface area contributed by atoms with Gasteiger partial charge in [0, 0.05) is 11.9 Å². The maximum Gasteiger partial charge on any atom is 0.325 e. The van der Waals surface area contributed by atoms with E-state index in [2.05, 4.69) is 4.98 Å². The molecule has 7 heteroatoms. The average Bonchev–Trinajstić information content (AvgIpc) is 3.06. The molecule has 6 nitrogen and oxygen atoms in total. The molecule has 112 valence electrons. The van der Waals surface area contributed by atoms with Gasteiger partial charge in [-0.05, 0) is 26.0 Å². The Kier molecular flexibility index (Phi) is 4.74. The average molecular weight is 308 g/mol. The first-order chi connectivity index (χ1) is 10.0. The van der Waals surface area contributed by atoms with Gasteiger partial charge in [0.15, 0.2) is 10.8 Å². The minimum atomic E-state index is -0.438. The monoisotopic (exact) mass is 308 g/mol. The summed E-state index contributed by atoms with van der Waals surface area (Å²) in [7, 11) is 1.55. The molecule has 0 aromatic carbocycles. The van der Waals surface area contributed by atoms with Crippen LogP contribution in [0.4, 0.5) is 0 Å². The molecule has 2 rings (SSSR count). The number of aryl methyl sites for hydroxylation is 1. The molecule has 0 spiro atoms. The summed E-state index contributed by atoms with van der Waals surface area (Å²) in [6.45, 7) is 3.73. The maximum atomic E-state index is 12.3. The molecule has 0 radical (unpaired) electrons. The molecule has 0 atom stereocenters. The third-order valence-electron chi connectivity index (χ3n) is 2.75. The second kappa shape index (κ2) is 6.53. The third kappa shape index (κ3) is 3.49. The van der Waals surface area contributed by atoms with Gasteiger partial charge >= 0.3 is 5.97 Å². The summed E-state index contributed by atoms with van der Waals surface area (Å²) in [5, 5.41) is 0.644. The normalized spacial score (nSPS) is 10.4. The molecule has 0 bridgehead atoms. The van der Waals surface area contributed by atoms with Gasteiger partial charge < -0.3 is 14.1 Å². The third-order valence-corrected chi connectivity index (χ3v) is 3.73. The first-order valence-electron chi connectivity index (χ1n) is 6.45. The van der Waals surface area contributed by atoms with E-state index in [4.69, 9.17) is 9.15 Å². The lowest BCUT2D eigenvalue weighted by molar-refractivity contribution is -0.143. The van der Waals surface area contributed by atoms with Crippen molar-refractivity contribution in [1.29, 1.82) is 0 Å². The minimum Gasteiger partial charge on any atom is -0.465 e. The number of amides is 1. The van der Waals surface area contributed by atoms with Crippen LogP contribution in [0.25, 0.3) is 10.8 Å². The van der Waals surface area contributed by atoms with E-state index in [1.54, 1.807) is 32.4 Å². The largest absolute Gasteiger partial charge is 0.465 e. The van der Waals surface area contributed by atoms with Crippen molar-refractivity contribution in [2.45, 2.75) is 13.8 Å². The number of likely N-dealkylation sites (N-methyl/N-ethyl adjacent to an activating group) is 1. The number of hydrogen-bond acceptors (Lipinski definition) is 6. The molecule has 0 unspecified atom stereocenters. The number of aromatic nitrogens is 1. The summed E-state index contributed by atoms with van der Waals surface area (Å²) in [6.07, 6.45) is 1.56. The van der Waals surface area contributed by atoms with Gasteiger partial charge in [0.1, 0.15) is 12.2 Å². The Morgan fingerprint density at radius 1 is 1.48 bits per heavy atom.